The summed E-state index contributed by atoms with van der Waals surface area (Å²) in [6, 6.07) is 0. The Morgan fingerprint density at radius 3 is 2.11 bits per heavy atom. The third-order valence-corrected chi connectivity index (χ3v) is 6.70. The molecule has 0 bridgehead atoms. The van der Waals surface area contributed by atoms with Crippen molar-refractivity contribution in [2.45, 2.75) is 78.1 Å². The monoisotopic (exact) mass is 380 g/mol. The van der Waals surface area contributed by atoms with Gasteiger partial charge in [0.05, 0.1) is 0 Å². The van der Waals surface area contributed by atoms with Gasteiger partial charge in [0.2, 0.25) is 0 Å². The highest BCUT2D eigenvalue weighted by molar-refractivity contribution is 5.78. The normalized spacial score (nSPS) is 21.1. The van der Waals surface area contributed by atoms with Crippen LogP contribution in [-0.4, -0.2) is 61.2 Å². The van der Waals surface area contributed by atoms with Gasteiger partial charge >= 0.3 is 5.97 Å². The summed E-state index contributed by atoms with van der Waals surface area (Å²) < 4.78 is 0. The third-order valence-electron chi connectivity index (χ3n) is 6.70. The molecule has 1 aliphatic carbocycles. The topological polar surface area (TPSA) is 43.8 Å². The number of carboxylic acid groups (broad SMARTS) is 1. The molecule has 1 saturated heterocycles. The van der Waals surface area contributed by atoms with Crippen LogP contribution in [0.25, 0.3) is 0 Å². The predicted octanol–water partition coefficient (Wildman–Crippen LogP) is 5.05. The molecule has 0 radical (unpaired) electrons. The molecule has 0 aromatic rings. The molecule has 0 atom stereocenters. The Balaban J connectivity index is 0.000000646. The van der Waals surface area contributed by atoms with Crippen molar-refractivity contribution in [3.63, 3.8) is 0 Å². The molecule has 4 nitrogen and oxygen atoms in total. The highest BCUT2D eigenvalue weighted by Crippen LogP contribution is 2.53. The molecule has 2 rings (SSSR count). The zero-order chi connectivity index (χ0) is 20.3. The number of carboxylic acids is 1. The van der Waals surface area contributed by atoms with Crippen LogP contribution in [0.2, 0.25) is 0 Å². The fraction of sp³-hybridized carbons (Fsp3) is 0.870. The number of carbonyl (C=O) groups is 1. The van der Waals surface area contributed by atoms with Gasteiger partial charge in [0.25, 0.3) is 0 Å². The molecule has 2 fully saturated rings. The van der Waals surface area contributed by atoms with Gasteiger partial charge in [0.1, 0.15) is 0 Å². The maximum atomic E-state index is 9.25. The Labute approximate surface area is 168 Å². The maximum absolute atomic E-state index is 9.25. The average Bonchev–Trinajstić information content (AvgIpc) is 3.02. The lowest BCUT2D eigenvalue weighted by Gasteiger charge is -2.45. The molecule has 1 aliphatic heterocycles. The molecular formula is C23H44N2O2. The molecule has 27 heavy (non-hydrogen) atoms. The van der Waals surface area contributed by atoms with Crippen molar-refractivity contribution < 1.29 is 9.90 Å². The van der Waals surface area contributed by atoms with E-state index >= 15 is 0 Å². The first-order valence-corrected chi connectivity index (χ1v) is 11.0. The molecule has 1 saturated carbocycles. The lowest BCUT2D eigenvalue weighted by Crippen LogP contribution is -2.37. The number of nitrogens with zero attached hydrogens (tertiary/aromatic N) is 2. The standard InChI is InChI=1S/C20H40N2.C3H4O2/c1-5-8-19(9-6-2)10-12-20(13-11-19)14-17-22(18-20)16-7-15-21(3)4;1-2-3(4)5/h5-18H2,1-4H3;2H,1H2,(H,4,5). The minimum Gasteiger partial charge on any atom is -0.478 e. The van der Waals surface area contributed by atoms with Gasteiger partial charge in [-0.05, 0) is 95.9 Å². The molecular weight excluding hydrogens is 336 g/mol. The van der Waals surface area contributed by atoms with E-state index in [4.69, 9.17) is 5.11 Å². The lowest BCUT2D eigenvalue weighted by atomic mass is 9.60. The summed E-state index contributed by atoms with van der Waals surface area (Å²) in [6.45, 7) is 13.0. The molecule has 1 spiro atoms. The van der Waals surface area contributed by atoms with Gasteiger partial charge < -0.3 is 14.9 Å². The highest BCUT2D eigenvalue weighted by atomic mass is 16.4. The molecule has 158 valence electrons. The van der Waals surface area contributed by atoms with Crippen LogP contribution in [0.15, 0.2) is 12.7 Å². The summed E-state index contributed by atoms with van der Waals surface area (Å²) in [5, 5.41) is 7.60. The summed E-state index contributed by atoms with van der Waals surface area (Å²) in [5.41, 5.74) is 1.41. The van der Waals surface area contributed by atoms with E-state index in [-0.39, 0.29) is 0 Å². The average molecular weight is 381 g/mol. The summed E-state index contributed by atoms with van der Waals surface area (Å²) >= 11 is 0. The van der Waals surface area contributed by atoms with E-state index in [1.165, 1.54) is 90.4 Å². The molecule has 4 heteroatoms. The quantitative estimate of drug-likeness (QED) is 0.569. The van der Waals surface area contributed by atoms with E-state index in [0.717, 1.165) is 6.08 Å². The Bertz CT molecular complexity index is 432. The zero-order valence-electron chi connectivity index (χ0n) is 18.4. The highest BCUT2D eigenvalue weighted by Gasteiger charge is 2.44. The van der Waals surface area contributed by atoms with Crippen LogP contribution in [0.4, 0.5) is 0 Å². The van der Waals surface area contributed by atoms with Crippen LogP contribution in [0.1, 0.15) is 78.1 Å². The van der Waals surface area contributed by atoms with E-state index in [9.17, 15) is 4.79 Å². The maximum Gasteiger partial charge on any atom is 0.327 e. The Kier molecular flexibility index (Phi) is 10.6. The lowest BCUT2D eigenvalue weighted by molar-refractivity contribution is -0.131. The van der Waals surface area contributed by atoms with E-state index in [0.29, 0.717) is 10.8 Å². The van der Waals surface area contributed by atoms with Crippen molar-refractivity contribution in [3.8, 4) is 0 Å². The molecule has 0 aromatic heterocycles. The van der Waals surface area contributed by atoms with Gasteiger partial charge in [-0.15, -0.1) is 0 Å². The van der Waals surface area contributed by atoms with E-state index in [2.05, 4.69) is 44.3 Å². The van der Waals surface area contributed by atoms with Crippen LogP contribution < -0.4 is 0 Å². The molecule has 0 amide bonds. The van der Waals surface area contributed by atoms with Gasteiger partial charge in [-0.2, -0.15) is 0 Å². The van der Waals surface area contributed by atoms with Crippen LogP contribution in [0.3, 0.4) is 0 Å². The van der Waals surface area contributed by atoms with Crippen LogP contribution >= 0.6 is 0 Å². The first kappa shape index (κ1) is 24.2. The van der Waals surface area contributed by atoms with Gasteiger partial charge in [-0.3, -0.25) is 0 Å². The van der Waals surface area contributed by atoms with E-state index in [1.807, 2.05) is 0 Å². The third kappa shape index (κ3) is 8.35. The SMILES string of the molecule is C=CC(=O)O.CCCC1(CCC)CCC2(CCN(CCCN(C)C)C2)CC1. The van der Waals surface area contributed by atoms with E-state index < -0.39 is 5.97 Å². The minimum absolute atomic E-state index is 0.698. The minimum atomic E-state index is -0.981. The Morgan fingerprint density at radius 2 is 1.67 bits per heavy atom. The largest absolute Gasteiger partial charge is 0.478 e. The van der Waals surface area contributed by atoms with Crippen molar-refractivity contribution in [1.29, 1.82) is 0 Å². The second-order valence-electron chi connectivity index (χ2n) is 9.23. The van der Waals surface area contributed by atoms with Crippen LogP contribution in [0, 0.1) is 10.8 Å². The molecule has 1 N–H and O–H groups in total. The van der Waals surface area contributed by atoms with Gasteiger partial charge in [0, 0.05) is 12.6 Å². The second kappa shape index (κ2) is 11.9. The first-order valence-electron chi connectivity index (χ1n) is 11.0. The molecule has 1 heterocycles. The van der Waals surface area contributed by atoms with E-state index in [1.54, 1.807) is 0 Å². The number of hydrogen-bond donors (Lipinski definition) is 1. The summed E-state index contributed by atoms with van der Waals surface area (Å²) in [5.74, 6) is -0.981. The van der Waals surface area contributed by atoms with Crippen molar-refractivity contribution in [2.75, 3.05) is 40.3 Å². The summed E-state index contributed by atoms with van der Waals surface area (Å²) in [6.07, 6.45) is 15.4. The van der Waals surface area contributed by atoms with Gasteiger partial charge in [-0.25, -0.2) is 4.79 Å². The number of hydrogen-bond acceptors (Lipinski definition) is 3. The van der Waals surface area contributed by atoms with Crippen molar-refractivity contribution >= 4 is 5.97 Å². The molecule has 0 aromatic carbocycles. The predicted molar refractivity (Wildman–Crippen MR) is 115 cm³/mol. The van der Waals surface area contributed by atoms with Crippen LogP contribution in [-0.2, 0) is 4.79 Å². The Morgan fingerprint density at radius 1 is 1.11 bits per heavy atom. The van der Waals surface area contributed by atoms with Crippen LogP contribution in [0.5, 0.6) is 0 Å². The van der Waals surface area contributed by atoms with Crippen molar-refractivity contribution in [3.05, 3.63) is 12.7 Å². The smallest absolute Gasteiger partial charge is 0.327 e. The molecule has 0 unspecified atom stereocenters. The molecule has 2 aliphatic rings. The Hall–Kier alpha value is -0.870. The summed E-state index contributed by atoms with van der Waals surface area (Å²) in [4.78, 5) is 14.3. The van der Waals surface area contributed by atoms with Crippen molar-refractivity contribution in [1.82, 2.24) is 9.80 Å². The van der Waals surface area contributed by atoms with Gasteiger partial charge in [0.15, 0.2) is 0 Å². The fourth-order valence-electron chi connectivity index (χ4n) is 5.23. The van der Waals surface area contributed by atoms with Crippen molar-refractivity contribution in [2.24, 2.45) is 10.8 Å². The number of rotatable bonds is 9. The van der Waals surface area contributed by atoms with Gasteiger partial charge in [-0.1, -0.05) is 33.3 Å². The zero-order valence-corrected chi connectivity index (χ0v) is 18.4. The first-order chi connectivity index (χ1) is 12.8. The second-order valence-corrected chi connectivity index (χ2v) is 9.23. The summed E-state index contributed by atoms with van der Waals surface area (Å²) in [7, 11) is 4.38. The number of likely N-dealkylation sites (tertiary alicyclic amines) is 1. The fourth-order valence-corrected chi connectivity index (χ4v) is 5.23. The number of aliphatic carboxylic acids is 1.